The summed E-state index contributed by atoms with van der Waals surface area (Å²) in [7, 11) is -3.95. The lowest BCUT2D eigenvalue weighted by Crippen LogP contribution is -1.96. The first-order valence-corrected chi connectivity index (χ1v) is 5.40. The molecule has 4 nitrogen and oxygen atoms in total. The molecule has 14 heavy (non-hydrogen) atoms. The highest BCUT2D eigenvalue weighted by Crippen LogP contribution is 1.81. The number of benzene rings is 1. The normalized spacial score (nSPS) is 10.7. The molecule has 0 bridgehead atoms. The van der Waals surface area contributed by atoms with Gasteiger partial charge < -0.3 is 5.73 Å². The molecule has 0 spiro atoms. The fraction of sp³-hybridized carbons (Fsp3) is 0.111. The Bertz CT molecular complexity index is 319. The zero-order valence-corrected chi connectivity index (χ0v) is 8.39. The third-order valence-electron chi connectivity index (χ3n) is 1.07. The van der Waals surface area contributed by atoms with E-state index in [1.54, 1.807) is 0 Å². The van der Waals surface area contributed by atoms with Crippen LogP contribution in [0, 0.1) is 0 Å². The summed E-state index contributed by atoms with van der Waals surface area (Å²) in [5.74, 6) is 0. The van der Waals surface area contributed by atoms with Crippen LogP contribution in [-0.2, 0) is 10.1 Å². The van der Waals surface area contributed by atoms with Crippen molar-refractivity contribution in [3.8, 4) is 0 Å². The molecular formula is C9H13NO3S. The van der Waals surface area contributed by atoms with Gasteiger partial charge in [0, 0.05) is 6.54 Å². The third-order valence-corrected chi connectivity index (χ3v) is 1.61. The van der Waals surface area contributed by atoms with Gasteiger partial charge in [0.1, 0.15) is 0 Å². The monoisotopic (exact) mass is 215 g/mol. The minimum Gasteiger partial charge on any atom is -0.327 e. The first-order chi connectivity index (χ1) is 6.56. The van der Waals surface area contributed by atoms with Crippen LogP contribution in [0.4, 0.5) is 0 Å². The molecule has 1 rings (SSSR count). The van der Waals surface area contributed by atoms with Gasteiger partial charge in [0.2, 0.25) is 0 Å². The summed E-state index contributed by atoms with van der Waals surface area (Å²) in [5, 5.41) is 0.646. The van der Waals surface area contributed by atoms with Crippen molar-refractivity contribution in [2.45, 2.75) is 0 Å². The van der Waals surface area contributed by atoms with Crippen molar-refractivity contribution < 1.29 is 13.0 Å². The lowest BCUT2D eigenvalue weighted by atomic mass is 10.4. The lowest BCUT2D eigenvalue weighted by Gasteiger charge is -1.79. The van der Waals surface area contributed by atoms with Gasteiger partial charge in [-0.1, -0.05) is 42.5 Å². The van der Waals surface area contributed by atoms with E-state index in [2.05, 4.69) is 0 Å². The van der Waals surface area contributed by atoms with Gasteiger partial charge in [0.05, 0.1) is 5.41 Å². The Morgan fingerprint density at radius 3 is 1.57 bits per heavy atom. The van der Waals surface area contributed by atoms with Crippen LogP contribution in [0.25, 0.3) is 0 Å². The summed E-state index contributed by atoms with van der Waals surface area (Å²) in [6.45, 7) is 0.111. The molecular weight excluding hydrogens is 202 g/mol. The van der Waals surface area contributed by atoms with Crippen LogP contribution in [0.2, 0.25) is 0 Å². The topological polar surface area (TPSA) is 80.4 Å². The molecule has 0 atom stereocenters. The van der Waals surface area contributed by atoms with Crippen LogP contribution >= 0.6 is 0 Å². The minimum absolute atomic E-state index is 0.111. The standard InChI is InChI=1S/C6H6.C3H7NO3S/c1-2-4-6-5-3-1;4-2-1-3-8(5,6)7/h1-6H;1,3H,2,4H2,(H,5,6,7). The Hall–Kier alpha value is -1.17. The quantitative estimate of drug-likeness (QED) is 0.722. The van der Waals surface area contributed by atoms with Crippen molar-refractivity contribution in [3.05, 3.63) is 47.9 Å². The van der Waals surface area contributed by atoms with Crippen molar-refractivity contribution in [2.24, 2.45) is 5.73 Å². The molecule has 0 aliphatic carbocycles. The van der Waals surface area contributed by atoms with Crippen LogP contribution in [0.1, 0.15) is 0 Å². The Balaban J connectivity index is 0.000000249. The zero-order chi connectivity index (χ0) is 10.9. The van der Waals surface area contributed by atoms with Gasteiger partial charge in [-0.3, -0.25) is 4.55 Å². The van der Waals surface area contributed by atoms with E-state index in [0.717, 1.165) is 6.08 Å². The summed E-state index contributed by atoms with van der Waals surface area (Å²) in [4.78, 5) is 0. The fourth-order valence-corrected chi connectivity index (χ4v) is 0.916. The van der Waals surface area contributed by atoms with Crippen molar-refractivity contribution >= 4 is 10.1 Å². The molecule has 0 saturated heterocycles. The predicted molar refractivity (Wildman–Crippen MR) is 56.2 cm³/mol. The van der Waals surface area contributed by atoms with Gasteiger partial charge in [-0.25, -0.2) is 0 Å². The fourth-order valence-electron chi connectivity index (χ4n) is 0.562. The van der Waals surface area contributed by atoms with Crippen LogP contribution in [0.15, 0.2) is 47.9 Å². The predicted octanol–water partition coefficient (Wildman–Crippen LogP) is 1.03. The van der Waals surface area contributed by atoms with Crippen LogP contribution in [-0.4, -0.2) is 19.5 Å². The molecule has 1 aromatic carbocycles. The largest absolute Gasteiger partial charge is 0.327 e. The molecule has 0 aliphatic rings. The summed E-state index contributed by atoms with van der Waals surface area (Å²) >= 11 is 0. The van der Waals surface area contributed by atoms with E-state index >= 15 is 0 Å². The first kappa shape index (κ1) is 12.8. The molecule has 0 saturated carbocycles. The van der Waals surface area contributed by atoms with Gasteiger partial charge >= 0.3 is 0 Å². The second kappa shape index (κ2) is 7.25. The highest BCUT2D eigenvalue weighted by atomic mass is 32.2. The molecule has 0 fully saturated rings. The Labute approximate surface area is 83.8 Å². The molecule has 0 amide bonds. The number of rotatable bonds is 2. The maximum atomic E-state index is 9.80. The van der Waals surface area contributed by atoms with Gasteiger partial charge in [-0.2, -0.15) is 8.42 Å². The van der Waals surface area contributed by atoms with Gasteiger partial charge in [0.25, 0.3) is 10.1 Å². The second-order valence-corrected chi connectivity index (χ2v) is 3.58. The maximum absolute atomic E-state index is 9.80. The minimum atomic E-state index is -3.95. The van der Waals surface area contributed by atoms with Crippen molar-refractivity contribution in [3.63, 3.8) is 0 Å². The highest BCUT2D eigenvalue weighted by Gasteiger charge is 1.91. The number of hydrogen-bond acceptors (Lipinski definition) is 3. The van der Waals surface area contributed by atoms with E-state index in [4.69, 9.17) is 10.3 Å². The summed E-state index contributed by atoms with van der Waals surface area (Å²) in [6.07, 6.45) is 1.15. The highest BCUT2D eigenvalue weighted by molar-refractivity contribution is 7.88. The molecule has 0 heterocycles. The van der Waals surface area contributed by atoms with E-state index in [9.17, 15) is 8.42 Å². The Kier molecular flexibility index (Phi) is 6.65. The number of hydrogen-bond donors (Lipinski definition) is 2. The van der Waals surface area contributed by atoms with Crippen LogP contribution in [0.5, 0.6) is 0 Å². The van der Waals surface area contributed by atoms with E-state index in [-0.39, 0.29) is 6.54 Å². The van der Waals surface area contributed by atoms with E-state index in [0.29, 0.717) is 5.41 Å². The smallest absolute Gasteiger partial charge is 0.287 e. The van der Waals surface area contributed by atoms with E-state index < -0.39 is 10.1 Å². The molecule has 5 heteroatoms. The lowest BCUT2D eigenvalue weighted by molar-refractivity contribution is 0.494. The van der Waals surface area contributed by atoms with Gasteiger partial charge in [0.15, 0.2) is 0 Å². The third kappa shape index (κ3) is 10.8. The van der Waals surface area contributed by atoms with Crippen molar-refractivity contribution in [1.82, 2.24) is 0 Å². The maximum Gasteiger partial charge on any atom is 0.287 e. The molecule has 0 unspecified atom stereocenters. The summed E-state index contributed by atoms with van der Waals surface area (Å²) in [6, 6.07) is 12.0. The Morgan fingerprint density at radius 2 is 1.43 bits per heavy atom. The molecule has 3 N–H and O–H groups in total. The summed E-state index contributed by atoms with van der Waals surface area (Å²) < 4.78 is 27.6. The average molecular weight is 215 g/mol. The molecule has 0 aromatic heterocycles. The second-order valence-electron chi connectivity index (χ2n) is 2.28. The number of nitrogens with two attached hydrogens (primary N) is 1. The molecule has 0 radical (unpaired) electrons. The zero-order valence-electron chi connectivity index (χ0n) is 7.58. The van der Waals surface area contributed by atoms with Crippen LogP contribution < -0.4 is 5.73 Å². The molecule has 1 aromatic rings. The first-order valence-electron chi connectivity index (χ1n) is 3.90. The van der Waals surface area contributed by atoms with Crippen molar-refractivity contribution in [2.75, 3.05) is 6.54 Å². The van der Waals surface area contributed by atoms with Crippen LogP contribution in [0.3, 0.4) is 0 Å². The van der Waals surface area contributed by atoms with Gasteiger partial charge in [-0.05, 0) is 0 Å². The van der Waals surface area contributed by atoms with Gasteiger partial charge in [-0.15, -0.1) is 0 Å². The SMILES string of the molecule is NCC=CS(=O)(=O)O.c1ccccc1. The van der Waals surface area contributed by atoms with E-state index in [1.807, 2.05) is 36.4 Å². The Morgan fingerprint density at radius 1 is 1.07 bits per heavy atom. The summed E-state index contributed by atoms with van der Waals surface area (Å²) in [5.41, 5.74) is 4.87. The average Bonchev–Trinajstić information content (AvgIpc) is 2.17. The van der Waals surface area contributed by atoms with Crippen molar-refractivity contribution in [1.29, 1.82) is 0 Å². The molecule has 0 aliphatic heterocycles. The molecule has 78 valence electrons. The van der Waals surface area contributed by atoms with E-state index in [1.165, 1.54) is 0 Å².